The molecule has 0 atom stereocenters. The minimum Gasteiger partial charge on any atom is -0.337 e. The standard InChI is InChI=1S/C17H21N5/c1-20-6-5-19-17(20)14-22-9-7-21(8-10-22)13-16-4-2-3-15(11-16)12-18/h2-6,11H,7-10,13-14H2,1H3. The zero-order valence-electron chi connectivity index (χ0n) is 12.9. The SMILES string of the molecule is Cn1ccnc1CN1CCN(Cc2cccc(C#N)c2)CC1. The van der Waals surface area contributed by atoms with Gasteiger partial charge in [0, 0.05) is 52.2 Å². The van der Waals surface area contributed by atoms with Gasteiger partial charge in [-0.05, 0) is 17.7 Å². The summed E-state index contributed by atoms with van der Waals surface area (Å²) in [4.78, 5) is 9.29. The van der Waals surface area contributed by atoms with E-state index in [1.807, 2.05) is 37.6 Å². The second kappa shape index (κ2) is 6.73. The van der Waals surface area contributed by atoms with Crippen LogP contribution in [0.3, 0.4) is 0 Å². The van der Waals surface area contributed by atoms with Gasteiger partial charge in [0.1, 0.15) is 5.82 Å². The Morgan fingerprint density at radius 2 is 1.86 bits per heavy atom. The van der Waals surface area contributed by atoms with E-state index in [0.29, 0.717) is 0 Å². The Balaban J connectivity index is 1.51. The molecule has 0 spiro atoms. The molecule has 22 heavy (non-hydrogen) atoms. The molecule has 1 fully saturated rings. The van der Waals surface area contributed by atoms with E-state index in [-0.39, 0.29) is 0 Å². The summed E-state index contributed by atoms with van der Waals surface area (Å²) in [5, 5.41) is 8.97. The summed E-state index contributed by atoms with van der Waals surface area (Å²) in [7, 11) is 2.04. The quantitative estimate of drug-likeness (QED) is 0.860. The Kier molecular flexibility index (Phi) is 4.52. The van der Waals surface area contributed by atoms with E-state index in [2.05, 4.69) is 31.5 Å². The van der Waals surface area contributed by atoms with Gasteiger partial charge in [-0.1, -0.05) is 12.1 Å². The normalized spacial score (nSPS) is 16.5. The second-order valence-corrected chi connectivity index (χ2v) is 5.82. The molecule has 0 amide bonds. The maximum Gasteiger partial charge on any atom is 0.122 e. The monoisotopic (exact) mass is 295 g/mol. The van der Waals surface area contributed by atoms with Gasteiger partial charge in [-0.2, -0.15) is 5.26 Å². The summed E-state index contributed by atoms with van der Waals surface area (Å²) in [5.74, 6) is 1.12. The molecule has 1 aliphatic heterocycles. The van der Waals surface area contributed by atoms with Crippen LogP contribution in [0.15, 0.2) is 36.7 Å². The summed E-state index contributed by atoms with van der Waals surface area (Å²) in [5.41, 5.74) is 1.96. The first-order valence-electron chi connectivity index (χ1n) is 7.64. The van der Waals surface area contributed by atoms with Crippen LogP contribution < -0.4 is 0 Å². The third-order valence-corrected chi connectivity index (χ3v) is 4.21. The molecule has 114 valence electrons. The molecule has 0 N–H and O–H groups in total. The average Bonchev–Trinajstić information content (AvgIpc) is 2.94. The van der Waals surface area contributed by atoms with Gasteiger partial charge in [-0.3, -0.25) is 9.80 Å². The molecular weight excluding hydrogens is 274 g/mol. The van der Waals surface area contributed by atoms with Gasteiger partial charge in [-0.15, -0.1) is 0 Å². The number of aryl methyl sites for hydroxylation is 1. The molecule has 2 aromatic rings. The molecule has 0 aliphatic carbocycles. The van der Waals surface area contributed by atoms with Crippen LogP contribution in [0.5, 0.6) is 0 Å². The lowest BCUT2D eigenvalue weighted by atomic mass is 10.1. The molecule has 5 nitrogen and oxygen atoms in total. The van der Waals surface area contributed by atoms with Gasteiger partial charge >= 0.3 is 0 Å². The van der Waals surface area contributed by atoms with Crippen LogP contribution >= 0.6 is 0 Å². The maximum atomic E-state index is 8.97. The minimum atomic E-state index is 0.742. The van der Waals surface area contributed by atoms with Crippen molar-refractivity contribution in [3.63, 3.8) is 0 Å². The van der Waals surface area contributed by atoms with E-state index in [1.165, 1.54) is 5.56 Å². The summed E-state index contributed by atoms with van der Waals surface area (Å²) in [6.07, 6.45) is 3.85. The number of imidazole rings is 1. The van der Waals surface area contributed by atoms with Gasteiger partial charge in [0.15, 0.2) is 0 Å². The molecule has 5 heteroatoms. The Bertz CT molecular complexity index is 662. The van der Waals surface area contributed by atoms with E-state index in [1.54, 1.807) is 0 Å². The van der Waals surface area contributed by atoms with Crippen molar-refractivity contribution < 1.29 is 0 Å². The predicted octanol–water partition coefficient (Wildman–Crippen LogP) is 1.61. The number of rotatable bonds is 4. The molecule has 1 aromatic carbocycles. The van der Waals surface area contributed by atoms with E-state index < -0.39 is 0 Å². The van der Waals surface area contributed by atoms with Gasteiger partial charge in [0.05, 0.1) is 18.2 Å². The van der Waals surface area contributed by atoms with Gasteiger partial charge in [-0.25, -0.2) is 4.98 Å². The first-order valence-corrected chi connectivity index (χ1v) is 7.64. The molecule has 0 unspecified atom stereocenters. The summed E-state index contributed by atoms with van der Waals surface area (Å²) < 4.78 is 2.08. The fraction of sp³-hybridized carbons (Fsp3) is 0.412. The van der Waals surface area contributed by atoms with Crippen molar-refractivity contribution in [1.82, 2.24) is 19.4 Å². The second-order valence-electron chi connectivity index (χ2n) is 5.82. The molecule has 0 bridgehead atoms. The van der Waals surface area contributed by atoms with E-state index in [0.717, 1.165) is 50.7 Å². The van der Waals surface area contributed by atoms with E-state index in [4.69, 9.17) is 5.26 Å². The van der Waals surface area contributed by atoms with Crippen molar-refractivity contribution in [1.29, 1.82) is 5.26 Å². The fourth-order valence-electron chi connectivity index (χ4n) is 2.85. The van der Waals surface area contributed by atoms with Crippen molar-refractivity contribution in [2.75, 3.05) is 26.2 Å². The molecule has 3 rings (SSSR count). The third-order valence-electron chi connectivity index (χ3n) is 4.21. The zero-order valence-corrected chi connectivity index (χ0v) is 12.9. The Labute approximate surface area is 131 Å². The first-order chi connectivity index (χ1) is 10.7. The number of nitriles is 1. The number of piperazine rings is 1. The highest BCUT2D eigenvalue weighted by Gasteiger charge is 2.18. The lowest BCUT2D eigenvalue weighted by Crippen LogP contribution is -2.45. The van der Waals surface area contributed by atoms with Crippen LogP contribution in [0.1, 0.15) is 17.0 Å². The fourth-order valence-corrected chi connectivity index (χ4v) is 2.85. The minimum absolute atomic E-state index is 0.742. The zero-order chi connectivity index (χ0) is 15.4. The van der Waals surface area contributed by atoms with Crippen molar-refractivity contribution in [3.8, 4) is 6.07 Å². The van der Waals surface area contributed by atoms with Crippen molar-refractivity contribution in [3.05, 3.63) is 53.6 Å². The number of hydrogen-bond acceptors (Lipinski definition) is 4. The van der Waals surface area contributed by atoms with Gasteiger partial charge in [0.25, 0.3) is 0 Å². The number of nitrogens with zero attached hydrogens (tertiary/aromatic N) is 5. The van der Waals surface area contributed by atoms with Crippen LogP contribution in [0.2, 0.25) is 0 Å². The largest absolute Gasteiger partial charge is 0.337 e. The van der Waals surface area contributed by atoms with E-state index in [9.17, 15) is 0 Å². The molecule has 1 aliphatic rings. The van der Waals surface area contributed by atoms with Gasteiger partial charge < -0.3 is 4.57 Å². The molecular formula is C17H21N5. The lowest BCUT2D eigenvalue weighted by molar-refractivity contribution is 0.119. The average molecular weight is 295 g/mol. The van der Waals surface area contributed by atoms with Crippen LogP contribution in [-0.4, -0.2) is 45.5 Å². The molecule has 0 saturated carbocycles. The van der Waals surface area contributed by atoms with Crippen LogP contribution in [0, 0.1) is 11.3 Å². The Hall–Kier alpha value is -2.16. The van der Waals surface area contributed by atoms with Crippen LogP contribution in [0.4, 0.5) is 0 Å². The highest BCUT2D eigenvalue weighted by Crippen LogP contribution is 2.12. The number of hydrogen-bond donors (Lipinski definition) is 0. The predicted molar refractivity (Wildman–Crippen MR) is 84.9 cm³/mol. The maximum absolute atomic E-state index is 8.97. The van der Waals surface area contributed by atoms with Crippen molar-refractivity contribution in [2.24, 2.45) is 7.05 Å². The molecule has 2 heterocycles. The molecule has 0 radical (unpaired) electrons. The smallest absolute Gasteiger partial charge is 0.122 e. The number of aromatic nitrogens is 2. The summed E-state index contributed by atoms with van der Waals surface area (Å²) in [6.45, 7) is 6.07. The molecule has 1 saturated heterocycles. The van der Waals surface area contributed by atoms with Crippen LogP contribution in [0.25, 0.3) is 0 Å². The third kappa shape index (κ3) is 3.53. The Morgan fingerprint density at radius 1 is 1.14 bits per heavy atom. The van der Waals surface area contributed by atoms with Crippen molar-refractivity contribution >= 4 is 0 Å². The summed E-state index contributed by atoms with van der Waals surface area (Å²) in [6, 6.07) is 10.1. The van der Waals surface area contributed by atoms with E-state index >= 15 is 0 Å². The number of benzene rings is 1. The highest BCUT2D eigenvalue weighted by molar-refractivity contribution is 5.32. The topological polar surface area (TPSA) is 48.1 Å². The first kappa shape index (κ1) is 14.8. The lowest BCUT2D eigenvalue weighted by Gasteiger charge is -2.34. The van der Waals surface area contributed by atoms with Crippen molar-refractivity contribution in [2.45, 2.75) is 13.1 Å². The highest BCUT2D eigenvalue weighted by atomic mass is 15.3. The summed E-state index contributed by atoms with van der Waals surface area (Å²) >= 11 is 0. The van der Waals surface area contributed by atoms with Crippen LogP contribution in [-0.2, 0) is 20.1 Å². The Morgan fingerprint density at radius 3 is 2.50 bits per heavy atom. The molecule has 1 aromatic heterocycles. The van der Waals surface area contributed by atoms with Gasteiger partial charge in [0.2, 0.25) is 0 Å².